The highest BCUT2D eigenvalue weighted by Crippen LogP contribution is 2.16. The number of aromatic nitrogens is 4. The normalized spacial score (nSPS) is 10.7. The average Bonchev–Trinajstić information content (AvgIpc) is 2.89. The van der Waals surface area contributed by atoms with Gasteiger partial charge >= 0.3 is 5.97 Å². The summed E-state index contributed by atoms with van der Waals surface area (Å²) in [5.74, 6) is -0.966. The van der Waals surface area contributed by atoms with Crippen LogP contribution in [0, 0.1) is 0 Å². The quantitative estimate of drug-likeness (QED) is 0.841. The number of nitrogens with zero attached hydrogens (tertiary/aromatic N) is 4. The average molecular weight is 263 g/mol. The van der Waals surface area contributed by atoms with E-state index >= 15 is 0 Å². The van der Waals surface area contributed by atoms with Crippen molar-refractivity contribution in [3.05, 3.63) is 29.3 Å². The lowest BCUT2D eigenvalue weighted by Gasteiger charge is -2.07. The second-order valence-corrected chi connectivity index (χ2v) is 4.30. The summed E-state index contributed by atoms with van der Waals surface area (Å²) in [5.41, 5.74) is 2.74. The molecule has 0 atom stereocenters. The van der Waals surface area contributed by atoms with Gasteiger partial charge in [-0.25, -0.2) is 4.79 Å². The first-order chi connectivity index (χ1) is 9.02. The summed E-state index contributed by atoms with van der Waals surface area (Å²) < 4.78 is 3.31. The van der Waals surface area contributed by atoms with E-state index in [1.54, 1.807) is 16.4 Å². The van der Waals surface area contributed by atoms with Gasteiger partial charge in [0.05, 0.1) is 29.8 Å². The molecular formula is C12H17N5O2. The molecule has 102 valence electrons. The Balaban J connectivity index is 2.18. The van der Waals surface area contributed by atoms with E-state index in [0.29, 0.717) is 12.2 Å². The molecule has 2 rings (SSSR count). The van der Waals surface area contributed by atoms with Gasteiger partial charge in [-0.15, -0.1) is 0 Å². The zero-order valence-corrected chi connectivity index (χ0v) is 11.2. The summed E-state index contributed by atoms with van der Waals surface area (Å²) >= 11 is 0. The number of nitrogens with one attached hydrogen (secondary N) is 1. The second-order valence-electron chi connectivity index (χ2n) is 4.30. The Morgan fingerprint density at radius 1 is 1.47 bits per heavy atom. The molecular weight excluding hydrogens is 246 g/mol. The number of anilines is 1. The predicted octanol–water partition coefficient (Wildman–Crippen LogP) is 1.03. The number of hydrogen-bond donors (Lipinski definition) is 2. The molecule has 0 saturated heterocycles. The first-order valence-electron chi connectivity index (χ1n) is 6.03. The third-order valence-corrected chi connectivity index (χ3v) is 2.98. The Kier molecular flexibility index (Phi) is 3.55. The van der Waals surface area contributed by atoms with Crippen molar-refractivity contribution in [2.24, 2.45) is 14.1 Å². The van der Waals surface area contributed by atoms with Crippen LogP contribution in [0.2, 0.25) is 0 Å². The minimum atomic E-state index is -0.966. The molecule has 2 aromatic rings. The van der Waals surface area contributed by atoms with E-state index in [2.05, 4.69) is 15.5 Å². The summed E-state index contributed by atoms with van der Waals surface area (Å²) in [5, 5.41) is 20.6. The summed E-state index contributed by atoms with van der Waals surface area (Å²) in [4.78, 5) is 11.1. The van der Waals surface area contributed by atoms with Gasteiger partial charge in [0.25, 0.3) is 0 Å². The van der Waals surface area contributed by atoms with Crippen LogP contribution in [0.1, 0.15) is 28.7 Å². The Labute approximate surface area is 110 Å². The van der Waals surface area contributed by atoms with E-state index in [1.165, 1.54) is 6.20 Å². The number of hydrogen-bond acceptors (Lipinski definition) is 4. The van der Waals surface area contributed by atoms with Crippen LogP contribution in [0.5, 0.6) is 0 Å². The van der Waals surface area contributed by atoms with E-state index in [-0.39, 0.29) is 5.56 Å². The Morgan fingerprint density at radius 3 is 2.84 bits per heavy atom. The van der Waals surface area contributed by atoms with Crippen LogP contribution in [0.15, 0.2) is 12.4 Å². The summed E-state index contributed by atoms with van der Waals surface area (Å²) in [6.07, 6.45) is 4.07. The van der Waals surface area contributed by atoms with Crippen LogP contribution < -0.4 is 5.32 Å². The molecule has 0 aliphatic carbocycles. The predicted molar refractivity (Wildman–Crippen MR) is 70.1 cm³/mol. The maximum Gasteiger partial charge on any atom is 0.339 e. The number of carboxylic acids is 1. The fraction of sp³-hybridized carbons (Fsp3) is 0.417. The molecule has 0 bridgehead atoms. The monoisotopic (exact) mass is 263 g/mol. The molecule has 0 aliphatic rings. The molecule has 0 unspecified atom stereocenters. The molecule has 2 aromatic heterocycles. The van der Waals surface area contributed by atoms with Gasteiger partial charge in [0.1, 0.15) is 5.56 Å². The second kappa shape index (κ2) is 5.13. The standard InChI is InChI=1S/C12H17N5O2/c1-4-9-10(7-16(2)15-9)13-6-11-8(12(18)19)5-14-17(11)3/h5,7,13H,4,6H2,1-3H3,(H,18,19). The van der Waals surface area contributed by atoms with Crippen molar-refractivity contribution in [1.29, 1.82) is 0 Å². The van der Waals surface area contributed by atoms with Gasteiger partial charge in [0, 0.05) is 20.3 Å². The molecule has 7 nitrogen and oxygen atoms in total. The fourth-order valence-corrected chi connectivity index (χ4v) is 1.97. The van der Waals surface area contributed by atoms with Crippen LogP contribution >= 0.6 is 0 Å². The van der Waals surface area contributed by atoms with Crippen LogP contribution in [0.25, 0.3) is 0 Å². The van der Waals surface area contributed by atoms with Crippen LogP contribution in [-0.2, 0) is 27.1 Å². The Bertz CT molecular complexity index is 599. The van der Waals surface area contributed by atoms with Gasteiger partial charge in [-0.1, -0.05) is 6.92 Å². The molecule has 2 heterocycles. The lowest BCUT2D eigenvalue weighted by atomic mass is 10.2. The van der Waals surface area contributed by atoms with Crippen molar-refractivity contribution in [3.63, 3.8) is 0 Å². The topological polar surface area (TPSA) is 85.0 Å². The molecule has 0 saturated carbocycles. The highest BCUT2D eigenvalue weighted by Gasteiger charge is 2.15. The smallest absolute Gasteiger partial charge is 0.339 e. The molecule has 0 fully saturated rings. The SMILES string of the molecule is CCc1nn(C)cc1NCc1c(C(=O)O)cnn1C. The van der Waals surface area contributed by atoms with Gasteiger partial charge in [-0.3, -0.25) is 9.36 Å². The molecule has 2 N–H and O–H groups in total. The van der Waals surface area contributed by atoms with E-state index in [0.717, 1.165) is 17.8 Å². The number of rotatable bonds is 5. The largest absolute Gasteiger partial charge is 0.478 e. The van der Waals surface area contributed by atoms with Gasteiger partial charge in [-0.05, 0) is 6.42 Å². The van der Waals surface area contributed by atoms with E-state index in [9.17, 15) is 4.79 Å². The lowest BCUT2D eigenvalue weighted by Crippen LogP contribution is -2.10. The van der Waals surface area contributed by atoms with E-state index < -0.39 is 5.97 Å². The molecule has 7 heteroatoms. The third-order valence-electron chi connectivity index (χ3n) is 2.98. The number of aromatic carboxylic acids is 1. The number of aryl methyl sites for hydroxylation is 3. The van der Waals surface area contributed by atoms with Crippen LogP contribution in [0.3, 0.4) is 0 Å². The van der Waals surface area contributed by atoms with Gasteiger partial charge < -0.3 is 10.4 Å². The maximum absolute atomic E-state index is 11.1. The summed E-state index contributed by atoms with van der Waals surface area (Å²) in [6, 6.07) is 0. The minimum Gasteiger partial charge on any atom is -0.478 e. The van der Waals surface area contributed by atoms with E-state index in [1.807, 2.05) is 20.2 Å². The van der Waals surface area contributed by atoms with Crippen LogP contribution in [-0.4, -0.2) is 30.6 Å². The maximum atomic E-state index is 11.1. The van der Waals surface area contributed by atoms with Gasteiger partial charge in [0.15, 0.2) is 0 Å². The first kappa shape index (κ1) is 13.1. The molecule has 0 radical (unpaired) electrons. The van der Waals surface area contributed by atoms with Crippen molar-refractivity contribution in [3.8, 4) is 0 Å². The van der Waals surface area contributed by atoms with Gasteiger partial charge in [0.2, 0.25) is 0 Å². The lowest BCUT2D eigenvalue weighted by molar-refractivity contribution is 0.0695. The van der Waals surface area contributed by atoms with Crippen molar-refractivity contribution in [2.45, 2.75) is 19.9 Å². The number of carbonyl (C=O) groups is 1. The van der Waals surface area contributed by atoms with Crippen molar-refractivity contribution < 1.29 is 9.90 Å². The van der Waals surface area contributed by atoms with E-state index in [4.69, 9.17) is 5.11 Å². The third kappa shape index (κ3) is 2.59. The van der Waals surface area contributed by atoms with Crippen LogP contribution in [0.4, 0.5) is 5.69 Å². The molecule has 0 aromatic carbocycles. The summed E-state index contributed by atoms with van der Waals surface area (Å²) in [7, 11) is 3.59. The highest BCUT2D eigenvalue weighted by atomic mass is 16.4. The molecule has 19 heavy (non-hydrogen) atoms. The molecule has 0 spiro atoms. The molecule has 0 aliphatic heterocycles. The Hall–Kier alpha value is -2.31. The zero-order valence-electron chi connectivity index (χ0n) is 11.2. The highest BCUT2D eigenvalue weighted by molar-refractivity contribution is 5.88. The first-order valence-corrected chi connectivity index (χ1v) is 6.03. The zero-order chi connectivity index (χ0) is 14.0. The fourth-order valence-electron chi connectivity index (χ4n) is 1.97. The summed E-state index contributed by atoms with van der Waals surface area (Å²) in [6.45, 7) is 2.43. The Morgan fingerprint density at radius 2 is 2.21 bits per heavy atom. The van der Waals surface area contributed by atoms with Crippen molar-refractivity contribution in [2.75, 3.05) is 5.32 Å². The number of carboxylic acid groups (broad SMARTS) is 1. The van der Waals surface area contributed by atoms with Gasteiger partial charge in [-0.2, -0.15) is 10.2 Å². The van der Waals surface area contributed by atoms with Crippen molar-refractivity contribution in [1.82, 2.24) is 19.6 Å². The van der Waals surface area contributed by atoms with Crippen molar-refractivity contribution >= 4 is 11.7 Å². The minimum absolute atomic E-state index is 0.219. The molecule has 0 amide bonds.